The summed E-state index contributed by atoms with van der Waals surface area (Å²) in [5.41, 5.74) is 3.49. The molecule has 0 bridgehead atoms. The van der Waals surface area contributed by atoms with Crippen LogP contribution in [0, 0.1) is 6.92 Å². The van der Waals surface area contributed by atoms with Crippen molar-refractivity contribution in [1.29, 1.82) is 0 Å². The second-order valence-electron chi connectivity index (χ2n) is 9.18. The van der Waals surface area contributed by atoms with E-state index in [0.717, 1.165) is 16.0 Å². The molecule has 8 nitrogen and oxygen atoms in total. The Hall–Kier alpha value is -5.02. The number of aryl methyl sites for hydroxylation is 1. The number of hydrogen-bond acceptors (Lipinski definition) is 6. The monoisotopic (exact) mass is 565 g/mol. The third-order valence-corrected chi connectivity index (χ3v) is 6.99. The molecule has 206 valence electrons. The number of carbonyl (C=O) groups excluding carboxylic acids is 3. The Kier molecular flexibility index (Phi) is 8.66. The first-order valence-electron chi connectivity index (χ1n) is 12.8. The maximum atomic E-state index is 13.3. The number of anilines is 2. The van der Waals surface area contributed by atoms with Crippen molar-refractivity contribution in [2.45, 2.75) is 11.8 Å². The van der Waals surface area contributed by atoms with Crippen LogP contribution >= 0.6 is 11.8 Å². The third kappa shape index (κ3) is 7.55. The topological polar surface area (TPSA) is 106 Å². The Balaban J connectivity index is 1.24. The van der Waals surface area contributed by atoms with Gasteiger partial charge in [0.25, 0.3) is 11.8 Å². The number of carbonyl (C=O) groups is 3. The number of hydrogen-bond donors (Lipinski definition) is 3. The molecule has 1 heterocycles. The normalized spacial score (nSPS) is 12.0. The van der Waals surface area contributed by atoms with Crippen LogP contribution in [0.1, 0.15) is 21.5 Å². The highest BCUT2D eigenvalue weighted by molar-refractivity contribution is 8.00. The molecule has 1 aliphatic rings. The van der Waals surface area contributed by atoms with Crippen molar-refractivity contribution in [3.05, 3.63) is 119 Å². The zero-order chi connectivity index (χ0) is 28.6. The Bertz CT molecular complexity index is 1620. The van der Waals surface area contributed by atoms with Gasteiger partial charge in [0.1, 0.15) is 5.70 Å². The van der Waals surface area contributed by atoms with E-state index in [1.807, 2.05) is 43.3 Å². The van der Waals surface area contributed by atoms with Crippen LogP contribution in [0.4, 0.5) is 11.4 Å². The highest BCUT2D eigenvalue weighted by Crippen LogP contribution is 2.34. The minimum Gasteiger partial charge on any atom is -0.454 e. The van der Waals surface area contributed by atoms with Gasteiger partial charge in [-0.25, -0.2) is 0 Å². The number of amides is 3. The van der Waals surface area contributed by atoms with E-state index in [9.17, 15) is 14.4 Å². The molecule has 0 aromatic heterocycles. The van der Waals surface area contributed by atoms with Gasteiger partial charge in [0, 0.05) is 27.9 Å². The number of ether oxygens (including phenoxy) is 2. The Morgan fingerprint density at radius 2 is 1.59 bits per heavy atom. The van der Waals surface area contributed by atoms with E-state index >= 15 is 0 Å². The predicted octanol–water partition coefficient (Wildman–Crippen LogP) is 5.86. The molecule has 4 aromatic rings. The molecule has 0 aliphatic carbocycles. The van der Waals surface area contributed by atoms with E-state index < -0.39 is 11.8 Å². The van der Waals surface area contributed by atoms with Crippen LogP contribution in [0.15, 0.2) is 108 Å². The van der Waals surface area contributed by atoms with E-state index in [4.69, 9.17) is 9.47 Å². The number of thioether (sulfide) groups is 1. The SMILES string of the molecule is Cc1cccc(/C=C(/NC(=O)c2ccccc2)C(=O)Nc2cccc(SCC(=O)Nc3ccc4c(c3)OCO4)c2)c1. The summed E-state index contributed by atoms with van der Waals surface area (Å²) >= 11 is 1.33. The minimum absolute atomic E-state index is 0.102. The van der Waals surface area contributed by atoms with E-state index in [2.05, 4.69) is 16.0 Å². The average molecular weight is 566 g/mol. The molecule has 0 saturated carbocycles. The van der Waals surface area contributed by atoms with Gasteiger partial charge in [-0.05, 0) is 61.0 Å². The lowest BCUT2D eigenvalue weighted by atomic mass is 10.1. The predicted molar refractivity (Wildman–Crippen MR) is 160 cm³/mol. The zero-order valence-electron chi connectivity index (χ0n) is 22.2. The highest BCUT2D eigenvalue weighted by atomic mass is 32.2. The lowest BCUT2D eigenvalue weighted by Gasteiger charge is -2.12. The minimum atomic E-state index is -0.474. The van der Waals surface area contributed by atoms with Crippen LogP contribution in [-0.4, -0.2) is 30.3 Å². The van der Waals surface area contributed by atoms with E-state index in [0.29, 0.717) is 28.4 Å². The Labute approximate surface area is 241 Å². The molecule has 0 unspecified atom stereocenters. The van der Waals surface area contributed by atoms with Gasteiger partial charge in [0.05, 0.1) is 5.75 Å². The van der Waals surface area contributed by atoms with Crippen molar-refractivity contribution in [1.82, 2.24) is 5.32 Å². The van der Waals surface area contributed by atoms with Gasteiger partial charge in [-0.1, -0.05) is 54.1 Å². The zero-order valence-corrected chi connectivity index (χ0v) is 23.0. The Morgan fingerprint density at radius 3 is 2.41 bits per heavy atom. The summed E-state index contributed by atoms with van der Waals surface area (Å²) in [7, 11) is 0. The van der Waals surface area contributed by atoms with Gasteiger partial charge >= 0.3 is 0 Å². The first kappa shape index (κ1) is 27.5. The van der Waals surface area contributed by atoms with Crippen LogP contribution in [0.3, 0.4) is 0 Å². The fraction of sp³-hybridized carbons (Fsp3) is 0.0938. The van der Waals surface area contributed by atoms with Crippen molar-refractivity contribution < 1.29 is 23.9 Å². The summed E-state index contributed by atoms with van der Waals surface area (Å²) in [5.74, 6) is 0.353. The van der Waals surface area contributed by atoms with Gasteiger partial charge in [-0.3, -0.25) is 14.4 Å². The van der Waals surface area contributed by atoms with Crippen molar-refractivity contribution in [2.75, 3.05) is 23.2 Å². The van der Waals surface area contributed by atoms with Crippen molar-refractivity contribution in [2.24, 2.45) is 0 Å². The number of nitrogens with one attached hydrogen (secondary N) is 3. The largest absolute Gasteiger partial charge is 0.454 e. The molecule has 5 rings (SSSR count). The Morgan fingerprint density at radius 1 is 0.805 bits per heavy atom. The van der Waals surface area contributed by atoms with E-state index in [1.165, 1.54) is 11.8 Å². The van der Waals surface area contributed by atoms with Crippen molar-refractivity contribution >= 4 is 46.9 Å². The first-order valence-corrected chi connectivity index (χ1v) is 13.8. The molecule has 9 heteroatoms. The summed E-state index contributed by atoms with van der Waals surface area (Å²) in [6.45, 7) is 2.12. The van der Waals surface area contributed by atoms with Crippen molar-refractivity contribution in [3.8, 4) is 11.5 Å². The van der Waals surface area contributed by atoms with Crippen molar-refractivity contribution in [3.63, 3.8) is 0 Å². The molecule has 41 heavy (non-hydrogen) atoms. The fourth-order valence-corrected chi connectivity index (χ4v) is 4.81. The maximum absolute atomic E-state index is 13.3. The summed E-state index contributed by atoms with van der Waals surface area (Å²) in [5, 5.41) is 8.46. The smallest absolute Gasteiger partial charge is 0.272 e. The van der Waals surface area contributed by atoms with E-state index in [1.54, 1.807) is 66.7 Å². The molecule has 3 amide bonds. The number of fused-ring (bicyclic) bond motifs is 1. The molecule has 0 spiro atoms. The molecule has 0 saturated heterocycles. The fourth-order valence-electron chi connectivity index (χ4n) is 4.05. The summed E-state index contributed by atoms with van der Waals surface area (Å²) in [6.07, 6.45) is 1.64. The molecule has 0 fully saturated rings. The van der Waals surface area contributed by atoms with Gasteiger partial charge < -0.3 is 25.4 Å². The van der Waals surface area contributed by atoms with Gasteiger partial charge in [0.2, 0.25) is 12.7 Å². The first-order chi connectivity index (χ1) is 19.9. The molecular formula is C32H27N3O5S. The number of rotatable bonds is 9. The van der Waals surface area contributed by atoms with Crippen LogP contribution in [0.25, 0.3) is 6.08 Å². The lowest BCUT2D eigenvalue weighted by Crippen LogP contribution is -2.30. The van der Waals surface area contributed by atoms with E-state index in [-0.39, 0.29) is 24.2 Å². The second-order valence-corrected chi connectivity index (χ2v) is 10.2. The molecule has 1 aliphatic heterocycles. The number of benzene rings is 4. The van der Waals surface area contributed by atoms with Crippen LogP contribution < -0.4 is 25.4 Å². The highest BCUT2D eigenvalue weighted by Gasteiger charge is 2.16. The molecule has 3 N–H and O–H groups in total. The van der Waals surface area contributed by atoms with Crippen LogP contribution in [0.2, 0.25) is 0 Å². The standard InChI is InChI=1S/C32H27N3O5S/c1-21-7-5-8-22(15-21)16-27(35-31(37)23-9-3-2-4-10-23)32(38)34-24-11-6-12-26(17-24)41-19-30(36)33-25-13-14-28-29(18-25)40-20-39-28/h2-18H,19-20H2,1H3,(H,33,36)(H,34,38)(H,35,37)/b27-16+. The van der Waals surface area contributed by atoms with Gasteiger partial charge in [-0.2, -0.15) is 0 Å². The summed E-state index contributed by atoms with van der Waals surface area (Å²) < 4.78 is 10.7. The lowest BCUT2D eigenvalue weighted by molar-refractivity contribution is -0.114. The molecule has 0 radical (unpaired) electrons. The molecule has 0 atom stereocenters. The average Bonchev–Trinajstić information content (AvgIpc) is 3.44. The second kappa shape index (κ2) is 12.9. The summed E-state index contributed by atoms with van der Waals surface area (Å²) in [6, 6.07) is 28.7. The third-order valence-electron chi connectivity index (χ3n) is 6.00. The van der Waals surface area contributed by atoms with Gasteiger partial charge in [0.15, 0.2) is 11.5 Å². The summed E-state index contributed by atoms with van der Waals surface area (Å²) in [4.78, 5) is 39.5. The van der Waals surface area contributed by atoms with Gasteiger partial charge in [-0.15, -0.1) is 11.8 Å². The maximum Gasteiger partial charge on any atom is 0.272 e. The molecular weight excluding hydrogens is 538 g/mol. The van der Waals surface area contributed by atoms with Crippen LogP contribution in [0.5, 0.6) is 11.5 Å². The molecule has 4 aromatic carbocycles. The quantitative estimate of drug-likeness (QED) is 0.173. The van der Waals surface area contributed by atoms with Crippen LogP contribution in [-0.2, 0) is 9.59 Å².